The van der Waals surface area contributed by atoms with E-state index in [0.717, 1.165) is 17.7 Å². The van der Waals surface area contributed by atoms with Crippen molar-refractivity contribution in [1.29, 1.82) is 0 Å². The number of benzene rings is 2. The van der Waals surface area contributed by atoms with E-state index in [9.17, 15) is 4.79 Å². The highest BCUT2D eigenvalue weighted by atomic mass is 16.5. The number of aryl methyl sites for hydroxylation is 1. The van der Waals surface area contributed by atoms with E-state index >= 15 is 0 Å². The van der Waals surface area contributed by atoms with E-state index in [4.69, 9.17) is 14.6 Å². The standard InChI is InChI=1S/C23H27N3O3/c1-18-9-11-20(12-10-18)26-17-21(22(25-26)19-7-4-3-5-8-19)23(27)24-13-6-14-29-16-15-28-2/h3-5,7-12,17H,6,13-16H2,1-2H3,(H,24,27). The second-order valence-corrected chi connectivity index (χ2v) is 6.75. The van der Waals surface area contributed by atoms with Crippen molar-refractivity contribution in [3.8, 4) is 16.9 Å². The van der Waals surface area contributed by atoms with Gasteiger partial charge in [-0.2, -0.15) is 5.10 Å². The third kappa shape index (κ3) is 5.76. The summed E-state index contributed by atoms with van der Waals surface area (Å²) < 4.78 is 12.1. The normalized spacial score (nSPS) is 10.8. The van der Waals surface area contributed by atoms with Crippen LogP contribution in [0.3, 0.4) is 0 Å². The lowest BCUT2D eigenvalue weighted by molar-refractivity contribution is 0.0688. The van der Waals surface area contributed by atoms with Crippen molar-refractivity contribution in [2.24, 2.45) is 0 Å². The van der Waals surface area contributed by atoms with Crippen molar-refractivity contribution >= 4 is 5.91 Å². The molecule has 0 radical (unpaired) electrons. The number of aromatic nitrogens is 2. The number of nitrogens with zero attached hydrogens (tertiary/aromatic N) is 2. The van der Waals surface area contributed by atoms with Crippen LogP contribution in [-0.4, -0.2) is 49.2 Å². The molecule has 0 unspecified atom stereocenters. The molecule has 152 valence electrons. The molecular weight excluding hydrogens is 366 g/mol. The van der Waals surface area contributed by atoms with Crippen LogP contribution in [0.2, 0.25) is 0 Å². The lowest BCUT2D eigenvalue weighted by atomic mass is 10.1. The number of carbonyl (C=O) groups is 1. The van der Waals surface area contributed by atoms with Crippen LogP contribution in [0, 0.1) is 6.92 Å². The Kier molecular flexibility index (Phi) is 7.55. The van der Waals surface area contributed by atoms with Gasteiger partial charge in [-0.15, -0.1) is 0 Å². The number of ether oxygens (including phenoxy) is 2. The zero-order valence-electron chi connectivity index (χ0n) is 16.9. The molecular formula is C23H27N3O3. The minimum atomic E-state index is -0.140. The maximum atomic E-state index is 12.8. The first-order valence-electron chi connectivity index (χ1n) is 9.76. The van der Waals surface area contributed by atoms with Crippen molar-refractivity contribution in [2.75, 3.05) is 33.5 Å². The Hall–Kier alpha value is -2.96. The van der Waals surface area contributed by atoms with Crippen LogP contribution in [0.15, 0.2) is 60.8 Å². The Morgan fingerprint density at radius 3 is 2.52 bits per heavy atom. The third-order valence-electron chi connectivity index (χ3n) is 4.49. The molecule has 0 bridgehead atoms. The minimum Gasteiger partial charge on any atom is -0.382 e. The van der Waals surface area contributed by atoms with Crippen LogP contribution in [0.4, 0.5) is 0 Å². The van der Waals surface area contributed by atoms with Gasteiger partial charge >= 0.3 is 0 Å². The van der Waals surface area contributed by atoms with E-state index in [1.807, 2.05) is 61.5 Å². The van der Waals surface area contributed by atoms with Crippen molar-refractivity contribution in [1.82, 2.24) is 15.1 Å². The summed E-state index contributed by atoms with van der Waals surface area (Å²) >= 11 is 0. The quantitative estimate of drug-likeness (QED) is 0.534. The molecule has 0 fully saturated rings. The smallest absolute Gasteiger partial charge is 0.255 e. The fourth-order valence-corrected chi connectivity index (χ4v) is 2.89. The maximum absolute atomic E-state index is 12.8. The van der Waals surface area contributed by atoms with Gasteiger partial charge in [-0.05, 0) is 25.5 Å². The second-order valence-electron chi connectivity index (χ2n) is 6.75. The second kappa shape index (κ2) is 10.5. The maximum Gasteiger partial charge on any atom is 0.255 e. The van der Waals surface area contributed by atoms with Crippen LogP contribution >= 0.6 is 0 Å². The molecule has 1 heterocycles. The van der Waals surface area contributed by atoms with E-state index < -0.39 is 0 Å². The Labute approximate surface area is 171 Å². The predicted molar refractivity (Wildman–Crippen MR) is 113 cm³/mol. The number of nitrogens with one attached hydrogen (secondary N) is 1. The summed E-state index contributed by atoms with van der Waals surface area (Å²) in [5.41, 5.74) is 4.22. The fraction of sp³-hybridized carbons (Fsp3) is 0.304. The molecule has 6 heteroatoms. The number of rotatable bonds is 10. The minimum absolute atomic E-state index is 0.140. The van der Waals surface area contributed by atoms with Crippen LogP contribution in [-0.2, 0) is 9.47 Å². The number of carbonyl (C=O) groups excluding carboxylic acids is 1. The highest BCUT2D eigenvalue weighted by molar-refractivity contribution is 5.99. The average molecular weight is 393 g/mol. The Bertz CT molecular complexity index is 905. The van der Waals surface area contributed by atoms with Gasteiger partial charge in [-0.1, -0.05) is 48.0 Å². The van der Waals surface area contributed by atoms with E-state index in [-0.39, 0.29) is 5.91 Å². The molecule has 0 saturated heterocycles. The van der Waals surface area contributed by atoms with Gasteiger partial charge in [0.2, 0.25) is 0 Å². The molecule has 3 rings (SSSR count). The summed E-state index contributed by atoms with van der Waals surface area (Å²) in [5, 5.41) is 7.67. The van der Waals surface area contributed by atoms with Gasteiger partial charge in [0.05, 0.1) is 24.5 Å². The van der Waals surface area contributed by atoms with Gasteiger partial charge in [-0.25, -0.2) is 4.68 Å². The number of hydrogen-bond donors (Lipinski definition) is 1. The van der Waals surface area contributed by atoms with Crippen molar-refractivity contribution < 1.29 is 14.3 Å². The molecule has 0 atom stereocenters. The fourth-order valence-electron chi connectivity index (χ4n) is 2.89. The van der Waals surface area contributed by atoms with Crippen LogP contribution < -0.4 is 5.32 Å². The van der Waals surface area contributed by atoms with E-state index in [0.29, 0.717) is 37.6 Å². The Balaban J connectivity index is 1.73. The summed E-state index contributed by atoms with van der Waals surface area (Å²) in [7, 11) is 1.64. The summed E-state index contributed by atoms with van der Waals surface area (Å²) in [5.74, 6) is -0.140. The molecule has 29 heavy (non-hydrogen) atoms. The molecule has 0 aliphatic carbocycles. The highest BCUT2D eigenvalue weighted by Gasteiger charge is 2.18. The number of methoxy groups -OCH3 is 1. The lowest BCUT2D eigenvalue weighted by Crippen LogP contribution is -2.25. The number of amides is 1. The van der Waals surface area contributed by atoms with E-state index in [1.54, 1.807) is 18.0 Å². The average Bonchev–Trinajstić information content (AvgIpc) is 3.20. The molecule has 1 N–H and O–H groups in total. The molecule has 1 aromatic heterocycles. The summed E-state index contributed by atoms with van der Waals surface area (Å²) in [6.45, 7) is 4.30. The highest BCUT2D eigenvalue weighted by Crippen LogP contribution is 2.23. The first-order chi connectivity index (χ1) is 14.2. The third-order valence-corrected chi connectivity index (χ3v) is 4.49. The Morgan fingerprint density at radius 2 is 1.79 bits per heavy atom. The van der Waals surface area contributed by atoms with Crippen molar-refractivity contribution in [3.05, 3.63) is 71.9 Å². The van der Waals surface area contributed by atoms with Gasteiger partial charge < -0.3 is 14.8 Å². The van der Waals surface area contributed by atoms with Gasteiger partial charge in [-0.3, -0.25) is 4.79 Å². The summed E-state index contributed by atoms with van der Waals surface area (Å²) in [6.07, 6.45) is 2.53. The largest absolute Gasteiger partial charge is 0.382 e. The molecule has 1 amide bonds. The molecule has 6 nitrogen and oxygen atoms in total. The van der Waals surface area contributed by atoms with Crippen LogP contribution in [0.25, 0.3) is 16.9 Å². The van der Waals surface area contributed by atoms with Crippen LogP contribution in [0.1, 0.15) is 22.3 Å². The van der Waals surface area contributed by atoms with Crippen molar-refractivity contribution in [2.45, 2.75) is 13.3 Å². The zero-order valence-corrected chi connectivity index (χ0v) is 16.9. The summed E-state index contributed by atoms with van der Waals surface area (Å²) in [6, 6.07) is 17.8. The van der Waals surface area contributed by atoms with Gasteiger partial charge in [0.25, 0.3) is 5.91 Å². The first kappa shape index (κ1) is 20.8. The van der Waals surface area contributed by atoms with Crippen LogP contribution in [0.5, 0.6) is 0 Å². The Morgan fingerprint density at radius 1 is 1.03 bits per heavy atom. The van der Waals surface area contributed by atoms with Gasteiger partial charge in [0.15, 0.2) is 0 Å². The van der Waals surface area contributed by atoms with Gasteiger partial charge in [0.1, 0.15) is 5.69 Å². The van der Waals surface area contributed by atoms with Crippen molar-refractivity contribution in [3.63, 3.8) is 0 Å². The summed E-state index contributed by atoms with van der Waals surface area (Å²) in [4.78, 5) is 12.8. The monoisotopic (exact) mass is 393 g/mol. The molecule has 3 aromatic rings. The molecule has 2 aromatic carbocycles. The molecule has 0 spiro atoms. The molecule has 0 aliphatic heterocycles. The molecule has 0 aliphatic rings. The number of hydrogen-bond acceptors (Lipinski definition) is 4. The topological polar surface area (TPSA) is 65.4 Å². The zero-order chi connectivity index (χ0) is 20.5. The predicted octanol–water partition coefficient (Wildman–Crippen LogP) is 3.63. The lowest BCUT2D eigenvalue weighted by Gasteiger charge is -2.06. The SMILES string of the molecule is COCCOCCCNC(=O)c1cn(-c2ccc(C)cc2)nc1-c1ccccc1. The van der Waals surface area contributed by atoms with E-state index in [2.05, 4.69) is 5.32 Å². The van der Waals surface area contributed by atoms with E-state index in [1.165, 1.54) is 5.56 Å². The first-order valence-corrected chi connectivity index (χ1v) is 9.76. The van der Waals surface area contributed by atoms with Gasteiger partial charge in [0, 0.05) is 32.0 Å². The molecule has 0 saturated carbocycles.